The monoisotopic (exact) mass is 191 g/mol. The zero-order chi connectivity index (χ0) is 9.97. The fourth-order valence-corrected chi connectivity index (χ4v) is 2.16. The molecule has 1 unspecified atom stereocenters. The second-order valence-corrected chi connectivity index (χ2v) is 3.82. The van der Waals surface area contributed by atoms with Gasteiger partial charge in [-0.3, -0.25) is 0 Å². The molecule has 3 heteroatoms. The first-order valence-electron chi connectivity index (χ1n) is 5.30. The van der Waals surface area contributed by atoms with Gasteiger partial charge < -0.3 is 10.6 Å². The van der Waals surface area contributed by atoms with E-state index in [1.54, 1.807) is 0 Å². The summed E-state index contributed by atoms with van der Waals surface area (Å²) in [6, 6.07) is 6.51. The maximum Gasteiger partial charge on any atom is 0.131 e. The van der Waals surface area contributed by atoms with Crippen molar-refractivity contribution in [2.75, 3.05) is 17.2 Å². The Bertz CT molecular complexity index is 311. The molecule has 0 aliphatic carbocycles. The van der Waals surface area contributed by atoms with Crippen LogP contribution in [0.15, 0.2) is 18.2 Å². The van der Waals surface area contributed by atoms with Crippen molar-refractivity contribution in [3.8, 4) is 0 Å². The molecule has 1 fully saturated rings. The molecule has 3 nitrogen and oxygen atoms in total. The summed E-state index contributed by atoms with van der Waals surface area (Å²) in [5.74, 6) is 1.65. The highest BCUT2D eigenvalue weighted by Crippen LogP contribution is 2.25. The Morgan fingerprint density at radius 3 is 3.14 bits per heavy atom. The highest BCUT2D eigenvalue weighted by Gasteiger charge is 2.23. The average molecular weight is 191 g/mol. The number of aromatic nitrogens is 1. The molecule has 14 heavy (non-hydrogen) atoms. The van der Waals surface area contributed by atoms with Gasteiger partial charge in [-0.25, -0.2) is 4.98 Å². The molecular weight excluding hydrogens is 174 g/mol. The van der Waals surface area contributed by atoms with E-state index in [0.29, 0.717) is 11.9 Å². The first-order valence-corrected chi connectivity index (χ1v) is 5.30. The van der Waals surface area contributed by atoms with Crippen LogP contribution in [0.4, 0.5) is 11.6 Å². The topological polar surface area (TPSA) is 42.1 Å². The molecule has 2 rings (SSSR count). The summed E-state index contributed by atoms with van der Waals surface area (Å²) in [7, 11) is 0. The summed E-state index contributed by atoms with van der Waals surface area (Å²) in [4.78, 5) is 6.73. The molecule has 0 amide bonds. The lowest BCUT2D eigenvalue weighted by atomic mass is 10.2. The average Bonchev–Trinajstić information content (AvgIpc) is 2.65. The van der Waals surface area contributed by atoms with E-state index in [9.17, 15) is 0 Å². The van der Waals surface area contributed by atoms with Crippen LogP contribution in [0, 0.1) is 0 Å². The molecule has 0 spiro atoms. The third-order valence-corrected chi connectivity index (χ3v) is 2.90. The molecule has 0 aromatic carbocycles. The van der Waals surface area contributed by atoms with E-state index in [4.69, 9.17) is 5.73 Å². The van der Waals surface area contributed by atoms with Gasteiger partial charge in [0, 0.05) is 12.6 Å². The van der Waals surface area contributed by atoms with Crippen LogP contribution in [0.5, 0.6) is 0 Å². The Morgan fingerprint density at radius 2 is 2.43 bits per heavy atom. The van der Waals surface area contributed by atoms with Crippen molar-refractivity contribution in [3.63, 3.8) is 0 Å². The van der Waals surface area contributed by atoms with Crippen LogP contribution < -0.4 is 10.6 Å². The largest absolute Gasteiger partial charge is 0.384 e. The molecule has 1 aliphatic rings. The Kier molecular flexibility index (Phi) is 2.57. The highest BCUT2D eigenvalue weighted by atomic mass is 15.2. The van der Waals surface area contributed by atoms with Crippen molar-refractivity contribution in [2.24, 2.45) is 0 Å². The Balaban J connectivity index is 2.21. The van der Waals surface area contributed by atoms with E-state index in [0.717, 1.165) is 12.4 Å². The van der Waals surface area contributed by atoms with E-state index >= 15 is 0 Å². The summed E-state index contributed by atoms with van der Waals surface area (Å²) >= 11 is 0. The quantitative estimate of drug-likeness (QED) is 0.777. The van der Waals surface area contributed by atoms with Gasteiger partial charge in [0.25, 0.3) is 0 Å². The van der Waals surface area contributed by atoms with Crippen LogP contribution in [0.3, 0.4) is 0 Å². The first-order chi connectivity index (χ1) is 6.81. The van der Waals surface area contributed by atoms with Crippen molar-refractivity contribution in [3.05, 3.63) is 18.2 Å². The fraction of sp³-hybridized carbons (Fsp3) is 0.545. The third-order valence-electron chi connectivity index (χ3n) is 2.90. The van der Waals surface area contributed by atoms with Crippen LogP contribution in [0.1, 0.15) is 26.2 Å². The van der Waals surface area contributed by atoms with E-state index in [1.807, 2.05) is 18.2 Å². The van der Waals surface area contributed by atoms with Gasteiger partial charge >= 0.3 is 0 Å². The van der Waals surface area contributed by atoms with Crippen LogP contribution in [-0.4, -0.2) is 17.6 Å². The van der Waals surface area contributed by atoms with Crippen molar-refractivity contribution in [1.29, 1.82) is 0 Å². The van der Waals surface area contributed by atoms with Gasteiger partial charge in [-0.1, -0.05) is 13.0 Å². The minimum atomic E-state index is 0.615. The SMILES string of the molecule is CCC1CCCN1c1cccc(N)n1. The number of pyridine rings is 1. The molecule has 1 atom stereocenters. The van der Waals surface area contributed by atoms with E-state index in [-0.39, 0.29) is 0 Å². The lowest BCUT2D eigenvalue weighted by Crippen LogP contribution is -2.29. The Hall–Kier alpha value is -1.25. The van der Waals surface area contributed by atoms with Crippen LogP contribution in [-0.2, 0) is 0 Å². The Labute approximate surface area is 84.9 Å². The number of hydrogen-bond donors (Lipinski definition) is 1. The molecule has 0 radical (unpaired) electrons. The smallest absolute Gasteiger partial charge is 0.131 e. The molecular formula is C11H17N3. The molecule has 1 aromatic rings. The zero-order valence-corrected chi connectivity index (χ0v) is 8.61. The minimum Gasteiger partial charge on any atom is -0.384 e. The summed E-state index contributed by atoms with van der Waals surface area (Å²) in [6.45, 7) is 3.35. The number of nitrogens with two attached hydrogens (primary N) is 1. The molecule has 0 bridgehead atoms. The van der Waals surface area contributed by atoms with Crippen molar-refractivity contribution >= 4 is 11.6 Å². The van der Waals surface area contributed by atoms with Gasteiger partial charge in [0.1, 0.15) is 11.6 Å². The summed E-state index contributed by atoms with van der Waals surface area (Å²) in [6.07, 6.45) is 3.75. The minimum absolute atomic E-state index is 0.615. The van der Waals surface area contributed by atoms with E-state index in [2.05, 4.69) is 16.8 Å². The van der Waals surface area contributed by atoms with Crippen molar-refractivity contribution < 1.29 is 0 Å². The van der Waals surface area contributed by atoms with Gasteiger partial charge in [0.2, 0.25) is 0 Å². The Morgan fingerprint density at radius 1 is 1.57 bits per heavy atom. The molecule has 1 aliphatic heterocycles. The molecule has 1 saturated heterocycles. The predicted molar refractivity (Wildman–Crippen MR) is 59.3 cm³/mol. The summed E-state index contributed by atoms with van der Waals surface area (Å²) in [5, 5.41) is 0. The lowest BCUT2D eigenvalue weighted by molar-refractivity contribution is 0.641. The number of anilines is 2. The molecule has 0 saturated carbocycles. The zero-order valence-electron chi connectivity index (χ0n) is 8.61. The predicted octanol–water partition coefficient (Wildman–Crippen LogP) is 2.04. The summed E-state index contributed by atoms with van der Waals surface area (Å²) < 4.78 is 0. The van der Waals surface area contributed by atoms with Gasteiger partial charge in [0.05, 0.1) is 0 Å². The van der Waals surface area contributed by atoms with Crippen molar-refractivity contribution in [1.82, 2.24) is 4.98 Å². The maximum atomic E-state index is 5.68. The van der Waals surface area contributed by atoms with Crippen LogP contribution >= 0.6 is 0 Å². The fourth-order valence-electron chi connectivity index (χ4n) is 2.16. The normalized spacial score (nSPS) is 21.5. The van der Waals surface area contributed by atoms with E-state index < -0.39 is 0 Å². The second-order valence-electron chi connectivity index (χ2n) is 3.82. The van der Waals surface area contributed by atoms with Crippen LogP contribution in [0.25, 0.3) is 0 Å². The van der Waals surface area contributed by atoms with E-state index in [1.165, 1.54) is 19.3 Å². The summed E-state index contributed by atoms with van der Waals surface area (Å²) in [5.41, 5.74) is 5.68. The number of hydrogen-bond acceptors (Lipinski definition) is 3. The lowest BCUT2D eigenvalue weighted by Gasteiger charge is -2.24. The van der Waals surface area contributed by atoms with Gasteiger partial charge in [0.15, 0.2) is 0 Å². The number of nitrogens with zero attached hydrogens (tertiary/aromatic N) is 2. The first kappa shape index (κ1) is 9.31. The third kappa shape index (κ3) is 1.67. The van der Waals surface area contributed by atoms with Gasteiger partial charge in [-0.2, -0.15) is 0 Å². The molecule has 1 aromatic heterocycles. The molecule has 2 heterocycles. The van der Waals surface area contributed by atoms with Gasteiger partial charge in [-0.05, 0) is 31.4 Å². The van der Waals surface area contributed by atoms with Gasteiger partial charge in [-0.15, -0.1) is 0 Å². The second kappa shape index (κ2) is 3.86. The maximum absolute atomic E-state index is 5.68. The highest BCUT2D eigenvalue weighted by molar-refractivity contribution is 5.46. The molecule has 76 valence electrons. The standard InChI is InChI=1S/C11H17N3/c1-2-9-5-4-8-14(9)11-7-3-6-10(12)13-11/h3,6-7,9H,2,4-5,8H2,1H3,(H2,12,13). The molecule has 2 N–H and O–H groups in total. The van der Waals surface area contributed by atoms with Crippen LogP contribution in [0.2, 0.25) is 0 Å². The number of rotatable bonds is 2. The number of nitrogen functional groups attached to an aromatic ring is 1. The van der Waals surface area contributed by atoms with Crippen molar-refractivity contribution in [2.45, 2.75) is 32.2 Å².